The van der Waals surface area contributed by atoms with Gasteiger partial charge in [-0.2, -0.15) is 5.26 Å². The SMILES string of the molecule is Cn1ccc(NC(=O)[C@@H]2N[C@@H](CC(C)(C)CCO)[C@](C#N)(c3ccc(Cl)cc3F)[C@H]2c2cccc(Cl)c2F)cc1=O. The van der Waals surface area contributed by atoms with Crippen LogP contribution >= 0.6 is 23.2 Å². The summed E-state index contributed by atoms with van der Waals surface area (Å²) in [6.45, 7) is 3.63. The molecule has 3 aromatic rings. The van der Waals surface area contributed by atoms with Gasteiger partial charge >= 0.3 is 0 Å². The molecule has 1 fully saturated rings. The van der Waals surface area contributed by atoms with Crippen LogP contribution in [0.2, 0.25) is 10.0 Å². The molecule has 11 heteroatoms. The van der Waals surface area contributed by atoms with E-state index in [-0.39, 0.29) is 45.4 Å². The number of hydrogen-bond donors (Lipinski definition) is 3. The number of amides is 1. The number of hydrogen-bond acceptors (Lipinski definition) is 5. The summed E-state index contributed by atoms with van der Waals surface area (Å²) in [6.07, 6.45) is 2.06. The van der Waals surface area contributed by atoms with E-state index in [0.717, 1.165) is 6.07 Å². The number of carbonyl (C=O) groups is 1. The van der Waals surface area contributed by atoms with E-state index in [4.69, 9.17) is 23.2 Å². The van der Waals surface area contributed by atoms with Crippen LogP contribution in [0.5, 0.6) is 0 Å². The summed E-state index contributed by atoms with van der Waals surface area (Å²) in [5.41, 5.74) is -2.65. The van der Waals surface area contributed by atoms with E-state index in [2.05, 4.69) is 16.7 Å². The number of nitriles is 1. The third-order valence-electron chi connectivity index (χ3n) is 7.83. The molecule has 3 N–H and O–H groups in total. The van der Waals surface area contributed by atoms with Crippen molar-refractivity contribution in [1.82, 2.24) is 9.88 Å². The van der Waals surface area contributed by atoms with E-state index in [1.165, 1.54) is 53.2 Å². The molecule has 0 spiro atoms. The monoisotopic (exact) mass is 602 g/mol. The highest BCUT2D eigenvalue weighted by atomic mass is 35.5. The number of rotatable bonds is 8. The fourth-order valence-electron chi connectivity index (χ4n) is 5.75. The second-order valence-corrected chi connectivity index (χ2v) is 12.0. The average Bonchev–Trinajstić information content (AvgIpc) is 3.21. The van der Waals surface area contributed by atoms with E-state index in [0.29, 0.717) is 6.42 Å². The van der Waals surface area contributed by atoms with E-state index >= 15 is 8.78 Å². The number of nitrogens with one attached hydrogen (secondary N) is 2. The summed E-state index contributed by atoms with van der Waals surface area (Å²) < 4.78 is 32.9. The van der Waals surface area contributed by atoms with Gasteiger partial charge in [-0.05, 0) is 48.1 Å². The summed E-state index contributed by atoms with van der Waals surface area (Å²) >= 11 is 12.2. The molecule has 1 aliphatic rings. The first-order valence-electron chi connectivity index (χ1n) is 13.0. The lowest BCUT2D eigenvalue weighted by atomic mass is 9.62. The molecule has 41 heavy (non-hydrogen) atoms. The van der Waals surface area contributed by atoms with E-state index in [1.807, 2.05) is 13.8 Å². The smallest absolute Gasteiger partial charge is 0.252 e. The Kier molecular flexibility index (Phi) is 8.90. The average molecular weight is 603 g/mol. The normalized spacial score (nSPS) is 22.4. The summed E-state index contributed by atoms with van der Waals surface area (Å²) in [4.78, 5) is 26.1. The van der Waals surface area contributed by atoms with Gasteiger partial charge in [0.15, 0.2) is 0 Å². The first kappa shape index (κ1) is 30.7. The molecule has 1 aliphatic heterocycles. The van der Waals surface area contributed by atoms with Crippen molar-refractivity contribution >= 4 is 34.8 Å². The molecule has 1 amide bonds. The highest BCUT2D eigenvalue weighted by Gasteiger charge is 2.61. The predicted octanol–water partition coefficient (Wildman–Crippen LogP) is 5.29. The van der Waals surface area contributed by atoms with Gasteiger partial charge in [0.25, 0.3) is 5.56 Å². The van der Waals surface area contributed by atoms with Crippen molar-refractivity contribution < 1.29 is 18.7 Å². The van der Waals surface area contributed by atoms with Crippen LogP contribution in [0.1, 0.15) is 43.7 Å². The van der Waals surface area contributed by atoms with Crippen LogP contribution in [0.25, 0.3) is 0 Å². The summed E-state index contributed by atoms with van der Waals surface area (Å²) in [7, 11) is 1.56. The predicted molar refractivity (Wildman–Crippen MR) is 154 cm³/mol. The van der Waals surface area contributed by atoms with Crippen molar-refractivity contribution in [2.45, 2.75) is 50.1 Å². The van der Waals surface area contributed by atoms with Crippen molar-refractivity contribution in [3.8, 4) is 6.07 Å². The fraction of sp³-hybridized carbons (Fsp3) is 0.367. The third-order valence-corrected chi connectivity index (χ3v) is 8.36. The zero-order valence-electron chi connectivity index (χ0n) is 22.7. The lowest BCUT2D eigenvalue weighted by molar-refractivity contribution is -0.118. The van der Waals surface area contributed by atoms with Gasteiger partial charge in [0.05, 0.1) is 17.1 Å². The van der Waals surface area contributed by atoms with Crippen LogP contribution in [-0.2, 0) is 17.3 Å². The van der Waals surface area contributed by atoms with Crippen LogP contribution in [-0.4, -0.2) is 34.3 Å². The second-order valence-electron chi connectivity index (χ2n) is 11.1. The van der Waals surface area contributed by atoms with Crippen molar-refractivity contribution in [2.75, 3.05) is 11.9 Å². The molecule has 216 valence electrons. The quantitative estimate of drug-likeness (QED) is 0.324. The summed E-state index contributed by atoms with van der Waals surface area (Å²) in [5, 5.41) is 26.4. The molecule has 0 radical (unpaired) electrons. The molecule has 4 rings (SSSR count). The van der Waals surface area contributed by atoms with Crippen LogP contribution in [0, 0.1) is 28.4 Å². The van der Waals surface area contributed by atoms with E-state index < -0.39 is 46.4 Å². The van der Waals surface area contributed by atoms with Gasteiger partial charge < -0.3 is 20.3 Å². The highest BCUT2D eigenvalue weighted by molar-refractivity contribution is 6.31. The number of aliphatic hydroxyl groups is 1. The standard InChI is InChI=1S/C30H30Cl2F2N4O3/c1-29(2,10-12-39)15-23-30(16-35,20-8-7-17(31)13-22(20)33)25(19-5-4-6-21(32)26(19)34)27(37-23)28(41)36-18-9-11-38(3)24(40)14-18/h4-9,11,13-14,23,25,27,37,39H,10,12,15H2,1-3H3,(H,36,41)/t23-,25-,27+,30-/m0/s1. The molecule has 1 aromatic heterocycles. The minimum absolute atomic E-state index is 0.0486. The van der Waals surface area contributed by atoms with Gasteiger partial charge in [-0.1, -0.05) is 55.2 Å². The van der Waals surface area contributed by atoms with Crippen LogP contribution in [0.15, 0.2) is 59.5 Å². The molecular formula is C30H30Cl2F2N4O3. The Balaban J connectivity index is 1.96. The molecule has 0 saturated carbocycles. The first-order valence-corrected chi connectivity index (χ1v) is 13.8. The molecule has 2 heterocycles. The topological polar surface area (TPSA) is 107 Å². The molecular weight excluding hydrogens is 573 g/mol. The Hall–Kier alpha value is -3.29. The van der Waals surface area contributed by atoms with Crippen LogP contribution in [0.3, 0.4) is 0 Å². The number of halogens is 4. The van der Waals surface area contributed by atoms with Gasteiger partial charge in [-0.15, -0.1) is 0 Å². The van der Waals surface area contributed by atoms with Crippen molar-refractivity contribution in [3.05, 3.63) is 97.9 Å². The number of benzene rings is 2. The number of pyridine rings is 1. The molecule has 4 atom stereocenters. The Bertz CT molecular complexity index is 1570. The number of aliphatic hydroxyl groups excluding tert-OH is 1. The number of carbonyl (C=O) groups excluding carboxylic acids is 1. The minimum Gasteiger partial charge on any atom is -0.396 e. The van der Waals surface area contributed by atoms with Crippen molar-refractivity contribution in [2.24, 2.45) is 12.5 Å². The van der Waals surface area contributed by atoms with Gasteiger partial charge in [0, 0.05) is 54.2 Å². The Morgan fingerprint density at radius 2 is 1.95 bits per heavy atom. The van der Waals surface area contributed by atoms with Crippen molar-refractivity contribution in [1.29, 1.82) is 5.26 Å². The van der Waals surface area contributed by atoms with Gasteiger partial charge in [0.2, 0.25) is 5.91 Å². The van der Waals surface area contributed by atoms with Crippen molar-refractivity contribution in [3.63, 3.8) is 0 Å². The lowest BCUT2D eigenvalue weighted by Crippen LogP contribution is -2.45. The lowest BCUT2D eigenvalue weighted by Gasteiger charge is -2.38. The maximum absolute atomic E-state index is 15.8. The van der Waals surface area contributed by atoms with Gasteiger partial charge in [0.1, 0.15) is 17.0 Å². The molecule has 1 saturated heterocycles. The maximum atomic E-state index is 15.8. The minimum atomic E-state index is -1.82. The van der Waals surface area contributed by atoms with Crippen LogP contribution in [0.4, 0.5) is 14.5 Å². The number of aromatic nitrogens is 1. The largest absolute Gasteiger partial charge is 0.396 e. The third kappa shape index (κ3) is 5.88. The summed E-state index contributed by atoms with van der Waals surface area (Å²) in [5.74, 6) is -3.54. The number of aryl methyl sites for hydroxylation is 1. The maximum Gasteiger partial charge on any atom is 0.252 e. The molecule has 7 nitrogen and oxygen atoms in total. The first-order chi connectivity index (χ1) is 19.3. The zero-order chi connectivity index (χ0) is 30.1. The fourth-order valence-corrected chi connectivity index (χ4v) is 6.09. The number of nitrogens with zero attached hydrogens (tertiary/aromatic N) is 2. The Morgan fingerprint density at radius 3 is 2.59 bits per heavy atom. The molecule has 2 aromatic carbocycles. The molecule has 0 bridgehead atoms. The second kappa shape index (κ2) is 11.9. The van der Waals surface area contributed by atoms with Gasteiger partial charge in [-0.25, -0.2) is 8.78 Å². The highest BCUT2D eigenvalue weighted by Crippen LogP contribution is 2.53. The van der Waals surface area contributed by atoms with E-state index in [9.17, 15) is 20.0 Å². The molecule has 0 aliphatic carbocycles. The molecule has 0 unspecified atom stereocenters. The van der Waals surface area contributed by atoms with Gasteiger partial charge in [-0.3, -0.25) is 9.59 Å². The Morgan fingerprint density at radius 1 is 1.22 bits per heavy atom. The Labute approximate surface area is 246 Å². The summed E-state index contributed by atoms with van der Waals surface area (Å²) in [6, 6.07) is 11.1. The zero-order valence-corrected chi connectivity index (χ0v) is 24.2. The van der Waals surface area contributed by atoms with Crippen LogP contribution < -0.4 is 16.2 Å². The number of anilines is 1. The van der Waals surface area contributed by atoms with E-state index in [1.54, 1.807) is 7.05 Å².